The van der Waals surface area contributed by atoms with E-state index in [9.17, 15) is 12.8 Å². The lowest BCUT2D eigenvalue weighted by Gasteiger charge is -2.07. The molecule has 0 bridgehead atoms. The monoisotopic (exact) mass is 240 g/mol. The predicted molar refractivity (Wildman–Crippen MR) is 56.7 cm³/mol. The summed E-state index contributed by atoms with van der Waals surface area (Å²) in [5, 5.41) is 8.13. The molecule has 84 valence electrons. The fraction of sp³-hybridized carbons (Fsp3) is 0.300. The van der Waals surface area contributed by atoms with Crippen LogP contribution >= 0.6 is 0 Å². The van der Waals surface area contributed by atoms with E-state index >= 15 is 0 Å². The lowest BCUT2D eigenvalue weighted by atomic mass is 10.2. The molecule has 1 aromatic rings. The second-order valence-corrected chi connectivity index (χ2v) is 5.61. The Labute approximate surface area is 92.8 Å². The second-order valence-electron chi connectivity index (χ2n) is 3.65. The van der Waals surface area contributed by atoms with Crippen molar-refractivity contribution in [3.8, 4) is 6.07 Å². The van der Waals surface area contributed by atoms with Crippen molar-refractivity contribution < 1.29 is 12.8 Å². The van der Waals surface area contributed by atoms with E-state index in [0.29, 0.717) is 12.8 Å². The molecule has 1 saturated carbocycles. The fourth-order valence-electron chi connectivity index (χ4n) is 1.28. The van der Waals surface area contributed by atoms with Gasteiger partial charge in [0.2, 0.25) is 10.0 Å². The predicted octanol–water partition coefficient (Wildman–Crippen LogP) is 1.60. The molecule has 0 aliphatic heterocycles. The summed E-state index contributed by atoms with van der Waals surface area (Å²) in [4.78, 5) is 0. The Hall–Kier alpha value is -1.61. The minimum atomic E-state index is -3.46. The summed E-state index contributed by atoms with van der Waals surface area (Å²) in [6.07, 6.45) is 1.24. The number of nitrogens with zero attached hydrogens (tertiary/aromatic N) is 1. The van der Waals surface area contributed by atoms with Crippen LogP contribution in [0.2, 0.25) is 0 Å². The van der Waals surface area contributed by atoms with Gasteiger partial charge in [-0.05, 0) is 31.0 Å². The van der Waals surface area contributed by atoms with Crippen molar-refractivity contribution in [3.63, 3.8) is 0 Å². The molecule has 1 aromatic carbocycles. The second kappa shape index (κ2) is 3.76. The molecule has 16 heavy (non-hydrogen) atoms. The highest BCUT2D eigenvalue weighted by Crippen LogP contribution is 2.30. The number of nitrogens with one attached hydrogen (secondary N) is 1. The van der Waals surface area contributed by atoms with Gasteiger partial charge in [0.05, 0.1) is 22.6 Å². The lowest BCUT2D eigenvalue weighted by molar-refractivity contribution is 0.597. The molecule has 1 fully saturated rings. The van der Waals surface area contributed by atoms with E-state index in [1.54, 1.807) is 6.07 Å². The quantitative estimate of drug-likeness (QED) is 0.872. The van der Waals surface area contributed by atoms with E-state index in [-0.39, 0.29) is 11.3 Å². The number of benzene rings is 1. The molecule has 0 atom stereocenters. The molecule has 0 spiro atoms. The Bertz CT molecular complexity index is 559. The van der Waals surface area contributed by atoms with Crippen molar-refractivity contribution in [3.05, 3.63) is 29.6 Å². The summed E-state index contributed by atoms with van der Waals surface area (Å²) < 4.78 is 38.6. The van der Waals surface area contributed by atoms with Crippen LogP contribution in [-0.4, -0.2) is 13.7 Å². The van der Waals surface area contributed by atoms with Crippen LogP contribution in [0.3, 0.4) is 0 Å². The maximum atomic E-state index is 13.4. The zero-order valence-corrected chi connectivity index (χ0v) is 9.09. The van der Waals surface area contributed by atoms with Crippen LogP contribution in [0.15, 0.2) is 18.2 Å². The molecular weight excluding hydrogens is 231 g/mol. The number of hydrogen-bond acceptors (Lipinski definition) is 3. The molecule has 1 aliphatic carbocycles. The molecule has 1 N–H and O–H groups in total. The topological polar surface area (TPSA) is 70.0 Å². The Morgan fingerprint density at radius 1 is 1.44 bits per heavy atom. The van der Waals surface area contributed by atoms with Crippen molar-refractivity contribution in [2.45, 2.75) is 18.1 Å². The minimum absolute atomic E-state index is 0.106. The van der Waals surface area contributed by atoms with Crippen molar-refractivity contribution in [1.29, 1.82) is 5.26 Å². The summed E-state index contributed by atoms with van der Waals surface area (Å²) in [5.41, 5.74) is 0.0535. The van der Waals surface area contributed by atoms with Gasteiger partial charge in [-0.1, -0.05) is 0 Å². The van der Waals surface area contributed by atoms with E-state index in [0.717, 1.165) is 6.07 Å². The number of sulfonamides is 1. The van der Waals surface area contributed by atoms with E-state index in [1.165, 1.54) is 12.1 Å². The molecule has 0 unspecified atom stereocenters. The third kappa shape index (κ3) is 2.14. The molecule has 0 amide bonds. The van der Waals surface area contributed by atoms with Crippen LogP contribution in [0.5, 0.6) is 0 Å². The van der Waals surface area contributed by atoms with Gasteiger partial charge in [-0.15, -0.1) is 0 Å². The lowest BCUT2D eigenvalue weighted by Crippen LogP contribution is -2.18. The van der Waals surface area contributed by atoms with Crippen LogP contribution in [-0.2, 0) is 10.0 Å². The third-order valence-corrected chi connectivity index (χ3v) is 4.17. The van der Waals surface area contributed by atoms with Gasteiger partial charge in [-0.3, -0.25) is 4.72 Å². The van der Waals surface area contributed by atoms with Crippen LogP contribution in [0.25, 0.3) is 0 Å². The SMILES string of the molecule is N#Cc1ccc(NS(=O)(=O)C2CC2)c(F)c1. The Balaban J connectivity index is 2.26. The maximum Gasteiger partial charge on any atom is 0.235 e. The summed E-state index contributed by atoms with van der Waals surface area (Å²) in [6, 6.07) is 5.41. The molecule has 1 aliphatic rings. The van der Waals surface area contributed by atoms with Crippen LogP contribution in [0, 0.1) is 17.1 Å². The van der Waals surface area contributed by atoms with E-state index < -0.39 is 21.1 Å². The summed E-state index contributed by atoms with van der Waals surface area (Å²) in [7, 11) is -3.46. The van der Waals surface area contributed by atoms with Gasteiger partial charge in [0.25, 0.3) is 0 Å². The van der Waals surface area contributed by atoms with Gasteiger partial charge < -0.3 is 0 Å². The molecule has 0 saturated heterocycles. The van der Waals surface area contributed by atoms with Crippen molar-refractivity contribution >= 4 is 15.7 Å². The largest absolute Gasteiger partial charge is 0.280 e. The zero-order chi connectivity index (χ0) is 11.8. The molecule has 4 nitrogen and oxygen atoms in total. The number of nitriles is 1. The maximum absolute atomic E-state index is 13.4. The van der Waals surface area contributed by atoms with E-state index in [4.69, 9.17) is 5.26 Å². The molecular formula is C10H9FN2O2S. The van der Waals surface area contributed by atoms with Gasteiger partial charge >= 0.3 is 0 Å². The Kier molecular flexibility index (Phi) is 2.56. The first kappa shape index (κ1) is 10.9. The highest BCUT2D eigenvalue weighted by atomic mass is 32.2. The Morgan fingerprint density at radius 3 is 2.62 bits per heavy atom. The Morgan fingerprint density at radius 2 is 2.12 bits per heavy atom. The van der Waals surface area contributed by atoms with Gasteiger partial charge in [0.1, 0.15) is 5.82 Å². The number of anilines is 1. The van der Waals surface area contributed by atoms with E-state index in [1.807, 2.05) is 0 Å². The van der Waals surface area contributed by atoms with Crippen molar-refractivity contribution in [2.24, 2.45) is 0 Å². The number of halogens is 1. The average Bonchev–Trinajstić information content (AvgIpc) is 3.04. The molecule has 0 radical (unpaired) electrons. The third-order valence-electron chi connectivity index (χ3n) is 2.31. The van der Waals surface area contributed by atoms with Gasteiger partial charge in [-0.25, -0.2) is 12.8 Å². The first-order valence-corrected chi connectivity index (χ1v) is 6.29. The zero-order valence-electron chi connectivity index (χ0n) is 8.27. The fourth-order valence-corrected chi connectivity index (χ4v) is 2.68. The van der Waals surface area contributed by atoms with Gasteiger partial charge in [0, 0.05) is 0 Å². The highest BCUT2D eigenvalue weighted by molar-refractivity contribution is 7.93. The molecule has 0 aromatic heterocycles. The van der Waals surface area contributed by atoms with Crippen LogP contribution in [0.1, 0.15) is 18.4 Å². The summed E-state index contributed by atoms with van der Waals surface area (Å²) in [5.74, 6) is -0.733. The minimum Gasteiger partial charge on any atom is -0.280 e. The number of hydrogen-bond donors (Lipinski definition) is 1. The van der Waals surface area contributed by atoms with Gasteiger partial charge in [-0.2, -0.15) is 5.26 Å². The number of rotatable bonds is 3. The molecule has 0 heterocycles. The highest BCUT2D eigenvalue weighted by Gasteiger charge is 2.36. The van der Waals surface area contributed by atoms with Crippen molar-refractivity contribution in [2.75, 3.05) is 4.72 Å². The first-order chi connectivity index (χ1) is 7.53. The van der Waals surface area contributed by atoms with Crippen molar-refractivity contribution in [1.82, 2.24) is 0 Å². The first-order valence-electron chi connectivity index (χ1n) is 4.74. The van der Waals surface area contributed by atoms with Crippen LogP contribution < -0.4 is 4.72 Å². The van der Waals surface area contributed by atoms with Crippen LogP contribution in [0.4, 0.5) is 10.1 Å². The average molecular weight is 240 g/mol. The molecule has 6 heteroatoms. The summed E-state index contributed by atoms with van der Waals surface area (Å²) >= 11 is 0. The smallest absolute Gasteiger partial charge is 0.235 e. The van der Waals surface area contributed by atoms with Gasteiger partial charge in [0.15, 0.2) is 0 Å². The normalized spacial score (nSPS) is 15.5. The summed E-state index contributed by atoms with van der Waals surface area (Å²) in [6.45, 7) is 0. The van der Waals surface area contributed by atoms with E-state index in [2.05, 4.69) is 4.72 Å². The standard InChI is InChI=1S/C10H9FN2O2S/c11-9-5-7(6-12)1-4-10(9)13-16(14,15)8-2-3-8/h1,4-5,8,13H,2-3H2. The molecule has 2 rings (SSSR count).